The normalized spacial score (nSPS) is 10.8. The van der Waals surface area contributed by atoms with Gasteiger partial charge in [-0.05, 0) is 38.1 Å². The van der Waals surface area contributed by atoms with Crippen LogP contribution in [-0.2, 0) is 6.61 Å². The Kier molecular flexibility index (Phi) is 4.65. The van der Waals surface area contributed by atoms with Gasteiger partial charge in [-0.1, -0.05) is 6.07 Å². The molecule has 3 rings (SSSR count). The molecule has 0 spiro atoms. The van der Waals surface area contributed by atoms with E-state index in [1.165, 1.54) is 0 Å². The van der Waals surface area contributed by atoms with Crippen molar-refractivity contribution in [3.05, 3.63) is 60.2 Å². The van der Waals surface area contributed by atoms with Crippen molar-refractivity contribution < 1.29 is 9.53 Å². The number of aromatic nitrogens is 4. The minimum Gasteiger partial charge on any atom is -0.486 e. The quantitative estimate of drug-likeness (QED) is 0.651. The average molecular weight is 322 g/mol. The molecule has 3 aromatic heterocycles. The highest BCUT2D eigenvalue weighted by Crippen LogP contribution is 2.25. The van der Waals surface area contributed by atoms with Crippen LogP contribution in [-0.4, -0.2) is 26.0 Å². The minimum atomic E-state index is 0.228. The first-order valence-electron chi connectivity index (χ1n) is 7.71. The van der Waals surface area contributed by atoms with Crippen molar-refractivity contribution in [1.29, 1.82) is 0 Å². The molecule has 6 nitrogen and oxygen atoms in total. The number of aldehydes is 1. The van der Waals surface area contributed by atoms with E-state index in [4.69, 9.17) is 4.74 Å². The van der Waals surface area contributed by atoms with Gasteiger partial charge in [0.25, 0.3) is 0 Å². The molecule has 0 amide bonds. The van der Waals surface area contributed by atoms with Crippen LogP contribution >= 0.6 is 0 Å². The van der Waals surface area contributed by atoms with Crippen LogP contribution in [0, 0.1) is 0 Å². The van der Waals surface area contributed by atoms with E-state index in [9.17, 15) is 4.79 Å². The molecule has 0 radical (unpaired) electrons. The molecule has 6 heteroatoms. The largest absolute Gasteiger partial charge is 0.486 e. The third kappa shape index (κ3) is 3.17. The molecule has 3 aromatic rings. The molecular weight excluding hydrogens is 304 g/mol. The first-order chi connectivity index (χ1) is 11.7. The number of pyridine rings is 2. The molecule has 0 aliphatic carbocycles. The Labute approximate surface area is 140 Å². The van der Waals surface area contributed by atoms with Crippen LogP contribution in [0.3, 0.4) is 0 Å². The number of carbonyl (C=O) groups is 1. The van der Waals surface area contributed by atoms with Crippen LogP contribution in [0.4, 0.5) is 0 Å². The lowest BCUT2D eigenvalue weighted by Crippen LogP contribution is -2.08. The Hall–Kier alpha value is -3.02. The summed E-state index contributed by atoms with van der Waals surface area (Å²) >= 11 is 0. The van der Waals surface area contributed by atoms with Gasteiger partial charge in [0.2, 0.25) is 0 Å². The lowest BCUT2D eigenvalue weighted by Gasteiger charge is -2.14. The molecule has 0 fully saturated rings. The second-order valence-electron chi connectivity index (χ2n) is 5.56. The van der Waals surface area contributed by atoms with Gasteiger partial charge in [0.15, 0.2) is 6.29 Å². The predicted octanol–water partition coefficient (Wildman–Crippen LogP) is 3.31. The fourth-order valence-electron chi connectivity index (χ4n) is 2.47. The van der Waals surface area contributed by atoms with Crippen molar-refractivity contribution in [2.75, 3.05) is 0 Å². The van der Waals surface area contributed by atoms with E-state index >= 15 is 0 Å². The van der Waals surface area contributed by atoms with Crippen molar-refractivity contribution in [1.82, 2.24) is 19.7 Å². The second kappa shape index (κ2) is 7.04. The van der Waals surface area contributed by atoms with Crippen LogP contribution in [0.2, 0.25) is 0 Å². The summed E-state index contributed by atoms with van der Waals surface area (Å²) in [6.45, 7) is 4.43. The van der Waals surface area contributed by atoms with Gasteiger partial charge < -0.3 is 4.74 Å². The van der Waals surface area contributed by atoms with Gasteiger partial charge in [-0.2, -0.15) is 5.10 Å². The van der Waals surface area contributed by atoms with Crippen LogP contribution < -0.4 is 4.74 Å². The lowest BCUT2D eigenvalue weighted by molar-refractivity contribution is 0.111. The van der Waals surface area contributed by atoms with Gasteiger partial charge in [0.05, 0.1) is 11.4 Å². The summed E-state index contributed by atoms with van der Waals surface area (Å²) in [5.74, 6) is 0.458. The molecular formula is C18H18N4O2. The molecule has 0 atom stereocenters. The molecule has 0 N–H and O–H groups in total. The fraction of sp³-hybridized carbons (Fsp3) is 0.222. The standard InChI is InChI=1S/C18H18N4O2/c1-13(2)22-16(7-10-21-22)18-14(5-3-9-20-18)12-24-17-6-4-8-19-15(17)11-23/h3-11,13H,12H2,1-2H3. The summed E-state index contributed by atoms with van der Waals surface area (Å²) in [6, 6.07) is 9.45. The third-order valence-electron chi connectivity index (χ3n) is 3.59. The summed E-state index contributed by atoms with van der Waals surface area (Å²) < 4.78 is 7.71. The smallest absolute Gasteiger partial charge is 0.172 e. The average Bonchev–Trinajstić information content (AvgIpc) is 3.10. The molecule has 0 bridgehead atoms. The molecule has 3 heterocycles. The SMILES string of the molecule is CC(C)n1nccc1-c1ncccc1COc1cccnc1C=O. The Balaban J connectivity index is 1.90. The Morgan fingerprint density at radius 3 is 2.71 bits per heavy atom. The first kappa shape index (κ1) is 15.9. The van der Waals surface area contributed by atoms with Gasteiger partial charge in [-0.3, -0.25) is 14.5 Å². The zero-order chi connectivity index (χ0) is 16.9. The summed E-state index contributed by atoms with van der Waals surface area (Å²) in [7, 11) is 0. The van der Waals surface area contributed by atoms with Crippen LogP contribution in [0.5, 0.6) is 5.75 Å². The summed E-state index contributed by atoms with van der Waals surface area (Å²) in [6.07, 6.45) is 5.76. The van der Waals surface area contributed by atoms with E-state index in [1.807, 2.05) is 22.9 Å². The zero-order valence-corrected chi connectivity index (χ0v) is 13.6. The molecule has 0 aliphatic rings. The van der Waals surface area contributed by atoms with Crippen molar-refractivity contribution in [3.63, 3.8) is 0 Å². The van der Waals surface area contributed by atoms with E-state index in [2.05, 4.69) is 28.9 Å². The zero-order valence-electron chi connectivity index (χ0n) is 13.6. The van der Waals surface area contributed by atoms with E-state index < -0.39 is 0 Å². The maximum Gasteiger partial charge on any atom is 0.172 e. The first-order valence-corrected chi connectivity index (χ1v) is 7.71. The molecule has 24 heavy (non-hydrogen) atoms. The van der Waals surface area contributed by atoms with E-state index in [-0.39, 0.29) is 11.7 Å². The molecule has 0 aromatic carbocycles. The van der Waals surface area contributed by atoms with Crippen molar-refractivity contribution >= 4 is 6.29 Å². The molecule has 0 unspecified atom stereocenters. The van der Waals surface area contributed by atoms with Gasteiger partial charge in [-0.15, -0.1) is 0 Å². The highest BCUT2D eigenvalue weighted by atomic mass is 16.5. The number of hydrogen-bond acceptors (Lipinski definition) is 5. The summed E-state index contributed by atoms with van der Waals surface area (Å²) in [4.78, 5) is 19.5. The Morgan fingerprint density at radius 2 is 1.92 bits per heavy atom. The fourth-order valence-corrected chi connectivity index (χ4v) is 2.47. The number of hydrogen-bond donors (Lipinski definition) is 0. The third-order valence-corrected chi connectivity index (χ3v) is 3.59. The van der Waals surface area contributed by atoms with Gasteiger partial charge >= 0.3 is 0 Å². The maximum absolute atomic E-state index is 11.0. The summed E-state index contributed by atoms with van der Waals surface area (Å²) in [5.41, 5.74) is 2.96. The Bertz CT molecular complexity index is 842. The van der Waals surface area contributed by atoms with E-state index in [0.29, 0.717) is 18.6 Å². The van der Waals surface area contributed by atoms with Crippen molar-refractivity contribution in [2.24, 2.45) is 0 Å². The van der Waals surface area contributed by atoms with Crippen LogP contribution in [0.1, 0.15) is 35.9 Å². The maximum atomic E-state index is 11.0. The van der Waals surface area contributed by atoms with E-state index in [1.54, 1.807) is 30.7 Å². The monoisotopic (exact) mass is 322 g/mol. The number of rotatable bonds is 6. The topological polar surface area (TPSA) is 69.9 Å². The number of ether oxygens (including phenoxy) is 1. The van der Waals surface area contributed by atoms with Gasteiger partial charge in [-0.25, -0.2) is 4.98 Å². The van der Waals surface area contributed by atoms with Gasteiger partial charge in [0, 0.05) is 30.2 Å². The van der Waals surface area contributed by atoms with Crippen molar-refractivity contribution in [3.8, 4) is 17.1 Å². The van der Waals surface area contributed by atoms with Crippen molar-refractivity contribution in [2.45, 2.75) is 26.5 Å². The predicted molar refractivity (Wildman–Crippen MR) is 89.8 cm³/mol. The molecule has 0 saturated heterocycles. The Morgan fingerprint density at radius 1 is 1.12 bits per heavy atom. The molecule has 0 aliphatic heterocycles. The lowest BCUT2D eigenvalue weighted by atomic mass is 10.1. The van der Waals surface area contributed by atoms with E-state index in [0.717, 1.165) is 17.0 Å². The van der Waals surface area contributed by atoms with Gasteiger partial charge in [0.1, 0.15) is 18.1 Å². The minimum absolute atomic E-state index is 0.228. The highest BCUT2D eigenvalue weighted by molar-refractivity contribution is 5.76. The second-order valence-corrected chi connectivity index (χ2v) is 5.56. The molecule has 122 valence electrons. The number of nitrogens with zero attached hydrogens (tertiary/aromatic N) is 4. The molecule has 0 saturated carbocycles. The summed E-state index contributed by atoms with van der Waals surface area (Å²) in [5, 5.41) is 4.36. The number of carbonyl (C=O) groups excluding carboxylic acids is 1. The highest BCUT2D eigenvalue weighted by Gasteiger charge is 2.14. The van der Waals surface area contributed by atoms with Crippen LogP contribution in [0.25, 0.3) is 11.4 Å². The van der Waals surface area contributed by atoms with Crippen LogP contribution in [0.15, 0.2) is 48.9 Å².